The number of halogens is 1. The summed E-state index contributed by atoms with van der Waals surface area (Å²) in [5.74, 6) is -0.102. The Morgan fingerprint density at radius 2 is 2.05 bits per heavy atom. The molecule has 1 aliphatic rings. The fourth-order valence-corrected chi connectivity index (χ4v) is 2.73. The molecule has 1 aromatic carbocycles. The first-order chi connectivity index (χ1) is 9.97. The number of aliphatic imine (C=N–C) groups is 2. The van der Waals surface area contributed by atoms with E-state index >= 15 is 0 Å². The van der Waals surface area contributed by atoms with Crippen LogP contribution >= 0.6 is 11.6 Å². The van der Waals surface area contributed by atoms with Crippen molar-refractivity contribution in [2.24, 2.45) is 27.2 Å². The number of hydrogen-bond acceptors (Lipinski definition) is 2. The second kappa shape index (κ2) is 6.67. The van der Waals surface area contributed by atoms with Crippen molar-refractivity contribution < 1.29 is 0 Å². The first-order valence-corrected chi connectivity index (χ1v) is 7.35. The first kappa shape index (κ1) is 15.4. The fourth-order valence-electron chi connectivity index (χ4n) is 2.57. The van der Waals surface area contributed by atoms with Gasteiger partial charge in [-0.15, -0.1) is 0 Å². The molecular formula is C14H21ClN6. The SMILES string of the molecule is CC1CCCCN1c1ccc(Cl)cc1N=C(N)N=C(N)N. The van der Waals surface area contributed by atoms with Crippen LogP contribution in [0.25, 0.3) is 0 Å². The summed E-state index contributed by atoms with van der Waals surface area (Å²) in [6.07, 6.45) is 3.58. The summed E-state index contributed by atoms with van der Waals surface area (Å²) in [5.41, 5.74) is 18.0. The van der Waals surface area contributed by atoms with Gasteiger partial charge in [0.05, 0.1) is 11.4 Å². The van der Waals surface area contributed by atoms with E-state index in [1.807, 2.05) is 12.1 Å². The Morgan fingerprint density at radius 3 is 2.71 bits per heavy atom. The predicted molar refractivity (Wildman–Crippen MR) is 89.2 cm³/mol. The minimum atomic E-state index is -0.119. The highest BCUT2D eigenvalue weighted by Gasteiger charge is 2.21. The Kier molecular flexibility index (Phi) is 4.90. The highest BCUT2D eigenvalue weighted by molar-refractivity contribution is 6.31. The van der Waals surface area contributed by atoms with Gasteiger partial charge in [0.2, 0.25) is 5.96 Å². The summed E-state index contributed by atoms with van der Waals surface area (Å²) in [4.78, 5) is 10.4. The topological polar surface area (TPSA) is 106 Å². The van der Waals surface area contributed by atoms with Crippen molar-refractivity contribution in [3.63, 3.8) is 0 Å². The number of nitrogens with zero attached hydrogens (tertiary/aromatic N) is 3. The number of nitrogens with two attached hydrogens (primary N) is 3. The molecule has 1 unspecified atom stereocenters. The van der Waals surface area contributed by atoms with Crippen LogP contribution in [0.2, 0.25) is 5.02 Å². The van der Waals surface area contributed by atoms with Crippen LogP contribution in [0, 0.1) is 0 Å². The van der Waals surface area contributed by atoms with E-state index in [2.05, 4.69) is 21.8 Å². The van der Waals surface area contributed by atoms with Gasteiger partial charge in [-0.1, -0.05) is 11.6 Å². The zero-order chi connectivity index (χ0) is 15.4. The highest BCUT2D eigenvalue weighted by Crippen LogP contribution is 2.35. The quantitative estimate of drug-likeness (QED) is 0.573. The summed E-state index contributed by atoms with van der Waals surface area (Å²) in [6.45, 7) is 3.20. The van der Waals surface area contributed by atoms with Crippen molar-refractivity contribution >= 4 is 34.9 Å². The number of guanidine groups is 2. The Hall–Kier alpha value is -1.95. The molecule has 7 heteroatoms. The van der Waals surface area contributed by atoms with Crippen molar-refractivity contribution in [3.8, 4) is 0 Å². The summed E-state index contributed by atoms with van der Waals surface area (Å²) < 4.78 is 0. The Balaban J connectivity index is 2.40. The molecule has 0 amide bonds. The maximum Gasteiger partial charge on any atom is 0.223 e. The van der Waals surface area contributed by atoms with E-state index < -0.39 is 0 Å². The molecule has 1 heterocycles. The second-order valence-corrected chi connectivity index (χ2v) is 5.61. The van der Waals surface area contributed by atoms with Crippen molar-refractivity contribution in [1.82, 2.24) is 0 Å². The first-order valence-electron chi connectivity index (χ1n) is 6.97. The number of hydrogen-bond donors (Lipinski definition) is 3. The van der Waals surface area contributed by atoms with E-state index in [1.54, 1.807) is 6.07 Å². The molecule has 6 N–H and O–H groups in total. The number of piperidine rings is 1. The normalized spacial score (nSPS) is 19.4. The number of benzene rings is 1. The molecule has 1 aliphatic heterocycles. The van der Waals surface area contributed by atoms with Crippen LogP contribution in [0.5, 0.6) is 0 Å². The van der Waals surface area contributed by atoms with Crippen LogP contribution in [0.15, 0.2) is 28.2 Å². The third-order valence-electron chi connectivity index (χ3n) is 3.53. The van der Waals surface area contributed by atoms with Gasteiger partial charge in [0.25, 0.3) is 0 Å². The highest BCUT2D eigenvalue weighted by atomic mass is 35.5. The zero-order valence-electron chi connectivity index (χ0n) is 12.1. The predicted octanol–water partition coefficient (Wildman–Crippen LogP) is 1.94. The summed E-state index contributed by atoms with van der Waals surface area (Å²) >= 11 is 6.07. The van der Waals surface area contributed by atoms with E-state index in [9.17, 15) is 0 Å². The van der Waals surface area contributed by atoms with Crippen LogP contribution in [0.1, 0.15) is 26.2 Å². The van der Waals surface area contributed by atoms with E-state index in [1.165, 1.54) is 12.8 Å². The molecule has 0 aliphatic carbocycles. The molecule has 1 atom stereocenters. The third-order valence-corrected chi connectivity index (χ3v) is 3.76. The van der Waals surface area contributed by atoms with Crippen LogP contribution in [0.3, 0.4) is 0 Å². The van der Waals surface area contributed by atoms with E-state index in [0.29, 0.717) is 16.8 Å². The van der Waals surface area contributed by atoms with Gasteiger partial charge < -0.3 is 22.1 Å². The van der Waals surface area contributed by atoms with E-state index in [4.69, 9.17) is 28.8 Å². The van der Waals surface area contributed by atoms with Crippen LogP contribution in [-0.2, 0) is 0 Å². The average molecular weight is 309 g/mol. The molecular weight excluding hydrogens is 288 g/mol. The summed E-state index contributed by atoms with van der Waals surface area (Å²) in [7, 11) is 0. The Bertz CT molecular complexity index is 565. The van der Waals surface area contributed by atoms with Crippen molar-refractivity contribution in [2.75, 3.05) is 11.4 Å². The molecule has 0 radical (unpaired) electrons. The Morgan fingerprint density at radius 1 is 1.29 bits per heavy atom. The monoisotopic (exact) mass is 308 g/mol. The zero-order valence-corrected chi connectivity index (χ0v) is 12.8. The third kappa shape index (κ3) is 4.01. The number of rotatable bonds is 2. The minimum absolute atomic E-state index is 0.0168. The molecule has 6 nitrogen and oxygen atoms in total. The van der Waals surface area contributed by atoms with Crippen LogP contribution < -0.4 is 22.1 Å². The van der Waals surface area contributed by atoms with Crippen LogP contribution in [-0.4, -0.2) is 24.5 Å². The van der Waals surface area contributed by atoms with Gasteiger partial charge in [-0.25, -0.2) is 4.99 Å². The molecule has 0 saturated carbocycles. The van der Waals surface area contributed by atoms with Gasteiger partial charge in [0.1, 0.15) is 0 Å². The van der Waals surface area contributed by atoms with Gasteiger partial charge in [-0.05, 0) is 44.4 Å². The standard InChI is InChI=1S/C14H21ClN6/c1-9-4-2-3-7-21(9)12-6-5-10(15)8-11(12)19-14(18)20-13(16)17/h5-6,8-9H,2-4,7H2,1H3,(H6,16,17,18,19,20). The molecule has 0 spiro atoms. The smallest absolute Gasteiger partial charge is 0.223 e. The lowest BCUT2D eigenvalue weighted by atomic mass is 10.0. The average Bonchev–Trinajstić information content (AvgIpc) is 2.39. The van der Waals surface area contributed by atoms with Gasteiger partial charge in [-0.2, -0.15) is 4.99 Å². The molecule has 21 heavy (non-hydrogen) atoms. The van der Waals surface area contributed by atoms with Crippen molar-refractivity contribution in [2.45, 2.75) is 32.2 Å². The lowest BCUT2D eigenvalue weighted by molar-refractivity contribution is 0.485. The molecule has 0 bridgehead atoms. The molecule has 2 rings (SSSR count). The lowest BCUT2D eigenvalue weighted by Gasteiger charge is -2.36. The summed E-state index contributed by atoms with van der Waals surface area (Å²) in [5, 5.41) is 0.597. The molecule has 1 fully saturated rings. The maximum atomic E-state index is 6.07. The lowest BCUT2D eigenvalue weighted by Crippen LogP contribution is -2.37. The largest absolute Gasteiger partial charge is 0.370 e. The van der Waals surface area contributed by atoms with E-state index in [0.717, 1.165) is 18.7 Å². The van der Waals surface area contributed by atoms with Gasteiger partial charge >= 0.3 is 0 Å². The Labute approximate surface area is 129 Å². The van der Waals surface area contributed by atoms with Gasteiger partial charge in [-0.3, -0.25) is 0 Å². The van der Waals surface area contributed by atoms with Crippen molar-refractivity contribution in [3.05, 3.63) is 23.2 Å². The molecule has 1 saturated heterocycles. The number of anilines is 1. The van der Waals surface area contributed by atoms with Gasteiger partial charge in [0.15, 0.2) is 5.96 Å². The fraction of sp³-hybridized carbons (Fsp3) is 0.429. The second-order valence-electron chi connectivity index (χ2n) is 5.18. The van der Waals surface area contributed by atoms with Gasteiger partial charge in [0, 0.05) is 17.6 Å². The summed E-state index contributed by atoms with van der Waals surface area (Å²) in [6, 6.07) is 6.05. The molecule has 1 aromatic rings. The molecule has 114 valence electrons. The molecule has 0 aromatic heterocycles. The van der Waals surface area contributed by atoms with Crippen molar-refractivity contribution in [1.29, 1.82) is 0 Å². The maximum absolute atomic E-state index is 6.07. The van der Waals surface area contributed by atoms with E-state index in [-0.39, 0.29) is 11.9 Å². The minimum Gasteiger partial charge on any atom is -0.370 e. The van der Waals surface area contributed by atoms with Crippen LogP contribution in [0.4, 0.5) is 11.4 Å².